The molecule has 1 aliphatic heterocycles. The van der Waals surface area contributed by atoms with Crippen LogP contribution < -0.4 is 5.32 Å². The molecule has 3 aliphatic rings. The summed E-state index contributed by atoms with van der Waals surface area (Å²) < 4.78 is 1.00. The minimum Gasteiger partial charge on any atom is -0.324 e. The van der Waals surface area contributed by atoms with Crippen LogP contribution in [0.3, 0.4) is 0 Å². The molecular formula is C20H21BrN2O3. The first-order valence-corrected chi connectivity index (χ1v) is 9.71. The van der Waals surface area contributed by atoms with Gasteiger partial charge in [-0.15, -0.1) is 0 Å². The van der Waals surface area contributed by atoms with E-state index in [0.717, 1.165) is 22.0 Å². The maximum Gasteiger partial charge on any atom is 0.247 e. The fourth-order valence-electron chi connectivity index (χ4n) is 4.69. The number of allylic oxidation sites excluding steroid dienone is 2. The van der Waals surface area contributed by atoms with Crippen molar-refractivity contribution in [3.63, 3.8) is 0 Å². The summed E-state index contributed by atoms with van der Waals surface area (Å²) in [7, 11) is 0. The summed E-state index contributed by atoms with van der Waals surface area (Å²) in [6, 6.07) is 2.92. The minimum atomic E-state index is -0.816. The molecule has 5 nitrogen and oxygen atoms in total. The molecule has 1 aromatic carbocycles. The summed E-state index contributed by atoms with van der Waals surface area (Å²) in [5.74, 6) is -0.967. The molecule has 2 fully saturated rings. The Labute approximate surface area is 160 Å². The van der Waals surface area contributed by atoms with Crippen molar-refractivity contribution in [2.75, 3.05) is 5.32 Å². The first-order chi connectivity index (χ1) is 12.3. The van der Waals surface area contributed by atoms with E-state index in [9.17, 15) is 14.4 Å². The number of nitrogens with one attached hydrogen (secondary N) is 1. The number of nitrogens with zero attached hydrogens (tertiary/aromatic N) is 1. The van der Waals surface area contributed by atoms with Crippen molar-refractivity contribution in [1.82, 2.24) is 4.90 Å². The Kier molecular flexibility index (Phi) is 4.06. The van der Waals surface area contributed by atoms with Crippen LogP contribution in [0.15, 0.2) is 28.8 Å². The average Bonchev–Trinajstić information content (AvgIpc) is 3.26. The highest BCUT2D eigenvalue weighted by molar-refractivity contribution is 9.10. The van der Waals surface area contributed by atoms with E-state index in [0.29, 0.717) is 5.69 Å². The Hall–Kier alpha value is -1.95. The van der Waals surface area contributed by atoms with Crippen molar-refractivity contribution in [1.29, 1.82) is 0 Å². The van der Waals surface area contributed by atoms with Crippen molar-refractivity contribution in [2.45, 2.75) is 33.2 Å². The lowest BCUT2D eigenvalue weighted by molar-refractivity contribution is -0.146. The lowest BCUT2D eigenvalue weighted by Gasteiger charge is -2.24. The SMILES string of the molecule is Cc1cc(NC(=O)[C@H](C)N2C(=O)[C@@H]3[C@@H](C2=O)[C@H]2C=C[C@H]3C2)cc(C)c1Br. The predicted molar refractivity (Wildman–Crippen MR) is 101 cm³/mol. The van der Waals surface area contributed by atoms with Gasteiger partial charge in [0.05, 0.1) is 11.8 Å². The number of anilines is 1. The molecule has 5 atom stereocenters. The Morgan fingerprint density at radius 3 is 2.12 bits per heavy atom. The van der Waals surface area contributed by atoms with Crippen LogP contribution in [0.5, 0.6) is 0 Å². The zero-order valence-electron chi connectivity index (χ0n) is 15.0. The molecule has 136 valence electrons. The summed E-state index contributed by atoms with van der Waals surface area (Å²) >= 11 is 3.51. The van der Waals surface area contributed by atoms with Crippen LogP contribution in [0.2, 0.25) is 0 Å². The van der Waals surface area contributed by atoms with Gasteiger partial charge in [0, 0.05) is 10.2 Å². The number of hydrogen-bond acceptors (Lipinski definition) is 3. The lowest BCUT2D eigenvalue weighted by atomic mass is 9.85. The highest BCUT2D eigenvalue weighted by Gasteiger charge is 2.60. The first-order valence-electron chi connectivity index (χ1n) is 8.92. The van der Waals surface area contributed by atoms with Crippen LogP contribution in [-0.2, 0) is 14.4 Å². The van der Waals surface area contributed by atoms with Gasteiger partial charge in [-0.1, -0.05) is 28.1 Å². The fraction of sp³-hybridized carbons (Fsp3) is 0.450. The second kappa shape index (κ2) is 6.05. The summed E-state index contributed by atoms with van der Waals surface area (Å²) in [6.45, 7) is 5.53. The smallest absolute Gasteiger partial charge is 0.247 e. The number of likely N-dealkylation sites (tertiary alicyclic amines) is 1. The number of amides is 3. The standard InChI is InChI=1S/C20H21BrN2O3/c1-9-6-14(7-10(2)17(9)21)22-18(24)11(3)23-19(25)15-12-4-5-13(8-12)16(15)20(23)26/h4-7,11-13,15-16H,8H2,1-3H3,(H,22,24)/t11-,12-,13-,15-,16-/m0/s1. The Morgan fingerprint density at radius 1 is 1.12 bits per heavy atom. The van der Waals surface area contributed by atoms with Crippen molar-refractivity contribution < 1.29 is 14.4 Å². The predicted octanol–water partition coefficient (Wildman–Crippen LogP) is 3.20. The van der Waals surface area contributed by atoms with Crippen molar-refractivity contribution in [3.05, 3.63) is 39.9 Å². The van der Waals surface area contributed by atoms with Gasteiger partial charge in [-0.2, -0.15) is 0 Å². The van der Waals surface area contributed by atoms with E-state index < -0.39 is 6.04 Å². The maximum atomic E-state index is 12.8. The summed E-state index contributed by atoms with van der Waals surface area (Å²) in [5.41, 5.74) is 2.69. The van der Waals surface area contributed by atoms with E-state index in [1.54, 1.807) is 6.92 Å². The molecule has 1 saturated heterocycles. The molecule has 1 saturated carbocycles. The van der Waals surface area contributed by atoms with Gasteiger partial charge in [-0.25, -0.2) is 0 Å². The molecule has 2 bridgehead atoms. The van der Waals surface area contributed by atoms with Crippen LogP contribution >= 0.6 is 15.9 Å². The summed E-state index contributed by atoms with van der Waals surface area (Å²) in [4.78, 5) is 39.5. The van der Waals surface area contributed by atoms with Gasteiger partial charge < -0.3 is 5.32 Å². The zero-order chi connectivity index (χ0) is 18.7. The Bertz CT molecular complexity index is 810. The minimum absolute atomic E-state index is 0.151. The van der Waals surface area contributed by atoms with E-state index in [4.69, 9.17) is 0 Å². The summed E-state index contributed by atoms with van der Waals surface area (Å²) in [5, 5.41) is 2.85. The molecular weight excluding hydrogens is 396 g/mol. The molecule has 6 heteroatoms. The number of imide groups is 1. The van der Waals surface area contributed by atoms with Crippen LogP contribution in [-0.4, -0.2) is 28.7 Å². The lowest BCUT2D eigenvalue weighted by Crippen LogP contribution is -2.46. The second-order valence-electron chi connectivity index (χ2n) is 7.64. The van der Waals surface area contributed by atoms with Crippen molar-refractivity contribution in [2.24, 2.45) is 23.7 Å². The third-order valence-corrected chi connectivity index (χ3v) is 7.23. The molecule has 1 aromatic rings. The number of halogens is 1. The van der Waals surface area contributed by atoms with Gasteiger partial charge in [-0.05, 0) is 62.3 Å². The normalized spacial score (nSPS) is 30.1. The van der Waals surface area contributed by atoms with E-state index in [1.165, 1.54) is 4.90 Å². The highest BCUT2D eigenvalue weighted by atomic mass is 79.9. The molecule has 0 unspecified atom stereocenters. The Morgan fingerprint density at radius 2 is 1.62 bits per heavy atom. The highest BCUT2D eigenvalue weighted by Crippen LogP contribution is 2.52. The number of carbonyl (C=O) groups excluding carboxylic acids is 3. The van der Waals surface area contributed by atoms with Gasteiger partial charge in [0.2, 0.25) is 17.7 Å². The van der Waals surface area contributed by atoms with Crippen LogP contribution in [0.25, 0.3) is 0 Å². The largest absolute Gasteiger partial charge is 0.324 e. The third-order valence-electron chi connectivity index (χ3n) is 5.98. The number of fused-ring (bicyclic) bond motifs is 5. The molecule has 0 aromatic heterocycles. The molecule has 1 N–H and O–H groups in total. The second-order valence-corrected chi connectivity index (χ2v) is 8.43. The van der Waals surface area contributed by atoms with E-state index >= 15 is 0 Å². The van der Waals surface area contributed by atoms with E-state index in [-0.39, 0.29) is 41.4 Å². The number of carbonyl (C=O) groups is 3. The fourth-order valence-corrected chi connectivity index (χ4v) is 4.92. The molecule has 3 amide bonds. The van der Waals surface area contributed by atoms with Crippen molar-refractivity contribution >= 4 is 39.3 Å². The first kappa shape index (κ1) is 17.5. The summed E-state index contributed by atoms with van der Waals surface area (Å²) in [6.07, 6.45) is 5.00. The number of hydrogen-bond donors (Lipinski definition) is 1. The monoisotopic (exact) mass is 416 g/mol. The van der Waals surface area contributed by atoms with Crippen LogP contribution in [0.1, 0.15) is 24.5 Å². The number of rotatable bonds is 3. The van der Waals surface area contributed by atoms with Gasteiger partial charge in [0.1, 0.15) is 6.04 Å². The van der Waals surface area contributed by atoms with E-state index in [1.807, 2.05) is 26.0 Å². The number of benzene rings is 1. The zero-order valence-corrected chi connectivity index (χ0v) is 16.5. The van der Waals surface area contributed by atoms with Crippen molar-refractivity contribution in [3.8, 4) is 0 Å². The molecule has 4 rings (SSSR count). The third kappa shape index (κ3) is 2.46. The molecule has 0 radical (unpaired) electrons. The molecule has 0 spiro atoms. The van der Waals surface area contributed by atoms with Crippen LogP contribution in [0.4, 0.5) is 5.69 Å². The number of aryl methyl sites for hydroxylation is 2. The molecule has 2 aliphatic carbocycles. The quantitative estimate of drug-likeness (QED) is 0.607. The van der Waals surface area contributed by atoms with E-state index in [2.05, 4.69) is 33.4 Å². The van der Waals surface area contributed by atoms with Gasteiger partial charge >= 0.3 is 0 Å². The molecule has 1 heterocycles. The van der Waals surface area contributed by atoms with Gasteiger partial charge in [0.15, 0.2) is 0 Å². The van der Waals surface area contributed by atoms with Gasteiger partial charge in [0.25, 0.3) is 0 Å². The molecule has 26 heavy (non-hydrogen) atoms. The average molecular weight is 417 g/mol. The van der Waals surface area contributed by atoms with Gasteiger partial charge in [-0.3, -0.25) is 19.3 Å². The maximum absolute atomic E-state index is 12.8. The Balaban J connectivity index is 1.53. The topological polar surface area (TPSA) is 66.5 Å². The van der Waals surface area contributed by atoms with Crippen LogP contribution in [0, 0.1) is 37.5 Å².